The summed E-state index contributed by atoms with van der Waals surface area (Å²) in [5.41, 5.74) is 8.32. The quantitative estimate of drug-likeness (QED) is 0.560. The lowest BCUT2D eigenvalue weighted by Crippen LogP contribution is -2.22. The van der Waals surface area contributed by atoms with Crippen LogP contribution in [0.2, 0.25) is 0 Å². The van der Waals surface area contributed by atoms with E-state index in [-0.39, 0.29) is 6.61 Å². The third-order valence-electron chi connectivity index (χ3n) is 6.52. The second-order valence-electron chi connectivity index (χ2n) is 9.41. The fraction of sp³-hybridized carbons (Fsp3) is 0.423. The molecule has 1 unspecified atom stereocenters. The Morgan fingerprint density at radius 3 is 2.77 bits per heavy atom. The summed E-state index contributed by atoms with van der Waals surface area (Å²) in [7, 11) is 0. The zero-order valence-corrected chi connectivity index (χ0v) is 18.1. The molecule has 1 heterocycles. The Kier molecular flexibility index (Phi) is 5.44. The number of fused-ring (bicyclic) bond motifs is 2. The molecule has 0 amide bonds. The van der Waals surface area contributed by atoms with Crippen LogP contribution in [0.5, 0.6) is 0 Å². The summed E-state index contributed by atoms with van der Waals surface area (Å²) < 4.78 is 2.16. The molecule has 2 aromatic carbocycles. The maximum atomic E-state index is 9.86. The van der Waals surface area contributed by atoms with Crippen LogP contribution >= 0.6 is 0 Å². The van der Waals surface area contributed by atoms with Crippen molar-refractivity contribution in [2.45, 2.75) is 59.1 Å². The van der Waals surface area contributed by atoms with Gasteiger partial charge >= 0.3 is 0 Å². The van der Waals surface area contributed by atoms with E-state index in [1.54, 1.807) is 0 Å². The minimum Gasteiger partial charge on any atom is -0.394 e. The normalized spacial score (nSPS) is 16.3. The highest BCUT2D eigenvalue weighted by Crippen LogP contribution is 2.42. The van der Waals surface area contributed by atoms with Crippen molar-refractivity contribution in [1.29, 1.82) is 0 Å². The SMILES string of the molecule is [C-]#[N+]c1cc2c(-c3cccc4c3CCC(C)(C)C4)cn(CCC(O)CO)c2cc1C. The number of aryl methyl sites for hydroxylation is 2. The van der Waals surface area contributed by atoms with Gasteiger partial charge in [0.15, 0.2) is 5.69 Å². The van der Waals surface area contributed by atoms with Gasteiger partial charge in [0.1, 0.15) is 0 Å². The Bertz CT molecular complexity index is 1130. The zero-order valence-electron chi connectivity index (χ0n) is 18.1. The number of aromatic nitrogens is 1. The Balaban J connectivity index is 1.88. The third-order valence-corrected chi connectivity index (χ3v) is 6.52. The van der Waals surface area contributed by atoms with Crippen LogP contribution < -0.4 is 0 Å². The summed E-state index contributed by atoms with van der Waals surface area (Å²) in [6, 6.07) is 10.7. The first-order valence-corrected chi connectivity index (χ1v) is 10.7. The lowest BCUT2D eigenvalue weighted by atomic mass is 9.73. The van der Waals surface area contributed by atoms with E-state index in [1.165, 1.54) is 23.1 Å². The molecule has 4 rings (SSSR count). The molecule has 0 bridgehead atoms. The van der Waals surface area contributed by atoms with Crippen LogP contribution in [0.4, 0.5) is 5.69 Å². The zero-order chi connectivity index (χ0) is 21.5. The van der Waals surface area contributed by atoms with Gasteiger partial charge in [0.25, 0.3) is 0 Å². The van der Waals surface area contributed by atoms with Crippen molar-refractivity contribution in [1.82, 2.24) is 4.57 Å². The first-order valence-electron chi connectivity index (χ1n) is 10.7. The van der Waals surface area contributed by atoms with Crippen LogP contribution in [-0.2, 0) is 19.4 Å². The summed E-state index contributed by atoms with van der Waals surface area (Å²) in [6.07, 6.45) is 5.26. The second-order valence-corrected chi connectivity index (χ2v) is 9.41. The van der Waals surface area contributed by atoms with Crippen molar-refractivity contribution in [2.24, 2.45) is 5.41 Å². The molecule has 0 saturated heterocycles. The van der Waals surface area contributed by atoms with Gasteiger partial charge in [-0.05, 0) is 77.8 Å². The molecule has 0 radical (unpaired) electrons. The molecule has 1 aromatic heterocycles. The average Bonchev–Trinajstić information content (AvgIpc) is 3.07. The maximum Gasteiger partial charge on any atom is 0.190 e. The molecule has 156 valence electrons. The van der Waals surface area contributed by atoms with Gasteiger partial charge in [-0.15, -0.1) is 0 Å². The van der Waals surface area contributed by atoms with E-state index in [4.69, 9.17) is 6.57 Å². The van der Waals surface area contributed by atoms with Crippen LogP contribution in [-0.4, -0.2) is 27.5 Å². The molecule has 4 heteroatoms. The Morgan fingerprint density at radius 1 is 1.23 bits per heavy atom. The number of aliphatic hydroxyl groups is 2. The fourth-order valence-corrected chi connectivity index (χ4v) is 4.74. The van der Waals surface area contributed by atoms with Gasteiger partial charge in [0.2, 0.25) is 0 Å². The van der Waals surface area contributed by atoms with Crippen LogP contribution in [0.3, 0.4) is 0 Å². The minimum atomic E-state index is -0.721. The van der Waals surface area contributed by atoms with Crippen LogP contribution in [0.15, 0.2) is 36.5 Å². The summed E-state index contributed by atoms with van der Waals surface area (Å²) in [5.74, 6) is 0. The van der Waals surface area contributed by atoms with E-state index in [0.29, 0.717) is 24.1 Å². The Labute approximate surface area is 178 Å². The molecule has 0 saturated carbocycles. The minimum absolute atomic E-state index is 0.227. The van der Waals surface area contributed by atoms with E-state index in [1.807, 2.05) is 13.0 Å². The van der Waals surface area contributed by atoms with Crippen molar-refractivity contribution >= 4 is 16.6 Å². The van der Waals surface area contributed by atoms with Crippen molar-refractivity contribution in [3.63, 3.8) is 0 Å². The topological polar surface area (TPSA) is 49.8 Å². The molecule has 0 fully saturated rings. The van der Waals surface area contributed by atoms with Gasteiger partial charge < -0.3 is 14.8 Å². The van der Waals surface area contributed by atoms with Crippen LogP contribution in [0.1, 0.15) is 43.4 Å². The predicted molar refractivity (Wildman–Crippen MR) is 122 cm³/mol. The Morgan fingerprint density at radius 2 is 2.03 bits per heavy atom. The maximum absolute atomic E-state index is 9.86. The molecule has 1 atom stereocenters. The highest BCUT2D eigenvalue weighted by atomic mass is 16.3. The van der Waals surface area contributed by atoms with Gasteiger partial charge in [-0.2, -0.15) is 0 Å². The van der Waals surface area contributed by atoms with E-state index in [2.05, 4.69) is 53.7 Å². The third kappa shape index (κ3) is 3.76. The molecular weight excluding hydrogens is 372 g/mol. The van der Waals surface area contributed by atoms with Gasteiger partial charge in [0.05, 0.1) is 19.3 Å². The van der Waals surface area contributed by atoms with Gasteiger partial charge in [0, 0.05) is 23.8 Å². The molecule has 2 N–H and O–H groups in total. The van der Waals surface area contributed by atoms with Crippen molar-refractivity contribution in [2.75, 3.05) is 6.61 Å². The number of hydrogen-bond donors (Lipinski definition) is 2. The standard InChI is InChI=1S/C26H30N2O2/c1-17-12-25-22(13-24(17)27-4)23(15-28(25)11-9-19(30)16-29)21-7-5-6-18-14-26(2,3)10-8-20(18)21/h5-7,12-13,15,19,29-30H,8-11,14,16H2,1-3H3. The predicted octanol–water partition coefficient (Wildman–Crippen LogP) is 5.43. The first kappa shape index (κ1) is 20.7. The molecule has 0 spiro atoms. The molecule has 3 aromatic rings. The lowest BCUT2D eigenvalue weighted by Gasteiger charge is -2.32. The van der Waals surface area contributed by atoms with E-state index >= 15 is 0 Å². The van der Waals surface area contributed by atoms with Crippen LogP contribution in [0, 0.1) is 18.9 Å². The molecule has 30 heavy (non-hydrogen) atoms. The van der Waals surface area contributed by atoms with E-state index in [9.17, 15) is 10.2 Å². The van der Waals surface area contributed by atoms with Crippen molar-refractivity contribution < 1.29 is 10.2 Å². The smallest absolute Gasteiger partial charge is 0.190 e. The summed E-state index contributed by atoms with van der Waals surface area (Å²) >= 11 is 0. The lowest BCUT2D eigenvalue weighted by molar-refractivity contribution is 0.0849. The van der Waals surface area contributed by atoms with Crippen LogP contribution in [0.25, 0.3) is 26.9 Å². The summed E-state index contributed by atoms with van der Waals surface area (Å²) in [5, 5.41) is 20.1. The van der Waals surface area contributed by atoms with Crippen molar-refractivity contribution in [3.05, 3.63) is 64.6 Å². The number of aliphatic hydroxyl groups excluding tert-OH is 2. The van der Waals surface area contributed by atoms with Gasteiger partial charge in [-0.1, -0.05) is 32.0 Å². The molecule has 0 aliphatic heterocycles. The highest BCUT2D eigenvalue weighted by Gasteiger charge is 2.27. The van der Waals surface area contributed by atoms with E-state index < -0.39 is 6.10 Å². The Hall–Kier alpha value is -2.61. The molecule has 4 nitrogen and oxygen atoms in total. The molecule has 1 aliphatic carbocycles. The fourth-order valence-electron chi connectivity index (χ4n) is 4.74. The van der Waals surface area contributed by atoms with Crippen molar-refractivity contribution in [3.8, 4) is 11.1 Å². The molecular formula is C26H30N2O2. The second kappa shape index (κ2) is 7.91. The first-order chi connectivity index (χ1) is 14.3. The number of hydrogen-bond acceptors (Lipinski definition) is 2. The largest absolute Gasteiger partial charge is 0.394 e. The number of nitrogens with zero attached hydrogens (tertiary/aromatic N) is 2. The summed E-state index contributed by atoms with van der Waals surface area (Å²) in [4.78, 5) is 3.73. The van der Waals surface area contributed by atoms with Gasteiger partial charge in [-0.25, -0.2) is 4.85 Å². The highest BCUT2D eigenvalue weighted by molar-refractivity contribution is 5.99. The summed E-state index contributed by atoms with van der Waals surface area (Å²) in [6.45, 7) is 14.6. The number of rotatable bonds is 5. The molecule has 1 aliphatic rings. The average molecular weight is 403 g/mol. The monoisotopic (exact) mass is 402 g/mol. The number of benzene rings is 2. The van der Waals surface area contributed by atoms with Gasteiger partial charge in [-0.3, -0.25) is 0 Å². The van der Waals surface area contributed by atoms with E-state index in [0.717, 1.165) is 34.9 Å².